The van der Waals surface area contributed by atoms with Gasteiger partial charge in [0.25, 0.3) is 0 Å². The van der Waals surface area contributed by atoms with Crippen LogP contribution in [0.3, 0.4) is 0 Å². The molecule has 0 saturated carbocycles. The molecule has 0 amide bonds. The number of carbonyl (C=O) groups is 1. The molecular weight excluding hydrogens is 402 g/mol. The van der Waals surface area contributed by atoms with Crippen LogP contribution in [0.2, 0.25) is 0 Å². The van der Waals surface area contributed by atoms with Crippen LogP contribution in [0.1, 0.15) is 27.3 Å². The van der Waals surface area contributed by atoms with Crippen LogP contribution in [0.25, 0.3) is 28.5 Å². The van der Waals surface area contributed by atoms with E-state index >= 15 is 0 Å². The van der Waals surface area contributed by atoms with Crippen LogP contribution in [0, 0.1) is 6.92 Å². The summed E-state index contributed by atoms with van der Waals surface area (Å²) in [7, 11) is 0. The van der Waals surface area contributed by atoms with E-state index in [1.807, 2.05) is 48.0 Å². The van der Waals surface area contributed by atoms with E-state index < -0.39 is 0 Å². The smallest absolute Gasteiger partial charge is 0.194 e. The summed E-state index contributed by atoms with van der Waals surface area (Å²) in [5, 5.41) is 4.39. The molecule has 8 nitrogen and oxygen atoms in total. The first-order chi connectivity index (χ1) is 15.6. The maximum Gasteiger partial charge on any atom is 0.194 e. The van der Waals surface area contributed by atoms with Crippen LogP contribution in [0.15, 0.2) is 66.9 Å². The molecule has 156 valence electrons. The summed E-state index contributed by atoms with van der Waals surface area (Å²) in [6, 6.07) is 11.9. The SMILES string of the molecule is Cc1nc2ccc(-n3ncc(C(=O)C4=Cc5cc(-n6ccnc6)ccc5C4)c3N)cc2[nH]1. The molecule has 0 fully saturated rings. The molecule has 1 aliphatic rings. The molecule has 3 N–H and O–H groups in total. The number of H-pyrrole nitrogens is 1. The normalized spacial score (nSPS) is 12.8. The quantitative estimate of drug-likeness (QED) is 0.431. The van der Waals surface area contributed by atoms with Gasteiger partial charge in [-0.15, -0.1) is 0 Å². The van der Waals surface area contributed by atoms with Gasteiger partial charge in [-0.05, 0) is 54.5 Å². The number of allylic oxidation sites excluding steroid dienone is 1. The van der Waals surface area contributed by atoms with Gasteiger partial charge < -0.3 is 15.3 Å². The molecular formula is C24H19N7O. The largest absolute Gasteiger partial charge is 0.383 e. The molecule has 0 radical (unpaired) electrons. The summed E-state index contributed by atoms with van der Waals surface area (Å²) in [4.78, 5) is 25.0. The van der Waals surface area contributed by atoms with E-state index in [2.05, 4.69) is 32.2 Å². The monoisotopic (exact) mass is 421 g/mol. The third-order valence-corrected chi connectivity index (χ3v) is 5.81. The Hall–Kier alpha value is -4.46. The van der Waals surface area contributed by atoms with Crippen molar-refractivity contribution >= 4 is 28.7 Å². The minimum absolute atomic E-state index is 0.104. The van der Waals surface area contributed by atoms with Gasteiger partial charge in [0, 0.05) is 30.1 Å². The fraction of sp³-hybridized carbons (Fsp3) is 0.0833. The van der Waals surface area contributed by atoms with E-state index in [1.54, 1.807) is 23.4 Å². The average Bonchev–Trinajstić information content (AvgIpc) is 3.57. The van der Waals surface area contributed by atoms with Crippen molar-refractivity contribution in [3.63, 3.8) is 0 Å². The summed E-state index contributed by atoms with van der Waals surface area (Å²) in [6.07, 6.45) is 9.44. The number of ketones is 1. The number of hydrogen-bond acceptors (Lipinski definition) is 5. The highest BCUT2D eigenvalue weighted by molar-refractivity contribution is 6.15. The Bertz CT molecular complexity index is 1540. The number of nitrogens with two attached hydrogens (primary N) is 1. The number of carbonyl (C=O) groups excluding carboxylic acids is 1. The number of rotatable bonds is 4. The van der Waals surface area contributed by atoms with E-state index in [0.717, 1.165) is 39.4 Å². The lowest BCUT2D eigenvalue weighted by molar-refractivity contribution is 0.103. The maximum absolute atomic E-state index is 13.3. The summed E-state index contributed by atoms with van der Waals surface area (Å²) in [6.45, 7) is 1.91. The molecule has 32 heavy (non-hydrogen) atoms. The number of imidazole rings is 2. The molecule has 3 heterocycles. The predicted octanol–water partition coefficient (Wildman–Crippen LogP) is 3.65. The highest BCUT2D eigenvalue weighted by atomic mass is 16.1. The van der Waals surface area contributed by atoms with Crippen LogP contribution < -0.4 is 5.73 Å². The number of nitrogen functional groups attached to an aromatic ring is 1. The lowest BCUT2D eigenvalue weighted by Gasteiger charge is -2.06. The number of benzene rings is 2. The molecule has 0 spiro atoms. The fourth-order valence-electron chi connectivity index (χ4n) is 4.21. The predicted molar refractivity (Wildman–Crippen MR) is 122 cm³/mol. The zero-order valence-corrected chi connectivity index (χ0v) is 17.3. The van der Waals surface area contributed by atoms with E-state index in [9.17, 15) is 4.79 Å². The van der Waals surface area contributed by atoms with Gasteiger partial charge >= 0.3 is 0 Å². The lowest BCUT2D eigenvalue weighted by Crippen LogP contribution is -2.08. The van der Waals surface area contributed by atoms with E-state index in [-0.39, 0.29) is 5.78 Å². The van der Waals surface area contributed by atoms with Gasteiger partial charge in [-0.1, -0.05) is 6.07 Å². The molecule has 0 bridgehead atoms. The third kappa shape index (κ3) is 2.84. The van der Waals surface area contributed by atoms with Gasteiger partial charge in [-0.2, -0.15) is 5.10 Å². The zero-order valence-electron chi connectivity index (χ0n) is 17.3. The van der Waals surface area contributed by atoms with Gasteiger partial charge in [0.2, 0.25) is 0 Å². The van der Waals surface area contributed by atoms with E-state index in [0.29, 0.717) is 23.4 Å². The first-order valence-corrected chi connectivity index (χ1v) is 10.2. The number of hydrogen-bond donors (Lipinski definition) is 2. The fourth-order valence-corrected chi connectivity index (χ4v) is 4.21. The van der Waals surface area contributed by atoms with Crippen molar-refractivity contribution in [2.75, 3.05) is 5.73 Å². The molecule has 8 heteroatoms. The van der Waals surface area contributed by atoms with Crippen LogP contribution in [0.4, 0.5) is 5.82 Å². The number of Topliss-reactive ketones (excluding diaryl/α,β-unsaturated/α-hetero) is 1. The standard InChI is InChI=1S/C24H19N7O/c1-14-28-21-5-4-19(11-22(21)29-14)31-24(25)20(12-27-31)23(32)17-8-15-2-3-18(10-16(15)9-17)30-7-6-26-13-30/h2-7,9-13H,8,25H2,1H3,(H,28,29). The minimum Gasteiger partial charge on any atom is -0.383 e. The van der Waals surface area contributed by atoms with Crippen molar-refractivity contribution in [3.8, 4) is 11.4 Å². The van der Waals surface area contributed by atoms with Gasteiger partial charge in [-0.25, -0.2) is 14.6 Å². The molecule has 5 aromatic rings. The van der Waals surface area contributed by atoms with E-state index in [4.69, 9.17) is 5.73 Å². The number of nitrogens with one attached hydrogen (secondary N) is 1. The van der Waals surface area contributed by atoms with Crippen molar-refractivity contribution in [2.24, 2.45) is 0 Å². The summed E-state index contributed by atoms with van der Waals surface area (Å²) >= 11 is 0. The zero-order chi connectivity index (χ0) is 21.8. The van der Waals surface area contributed by atoms with Crippen molar-refractivity contribution in [1.29, 1.82) is 0 Å². The maximum atomic E-state index is 13.3. The first kappa shape index (κ1) is 18.3. The Kier molecular flexibility index (Phi) is 3.88. The Morgan fingerprint density at radius 3 is 2.88 bits per heavy atom. The number of nitrogens with zero attached hydrogens (tertiary/aromatic N) is 5. The minimum atomic E-state index is -0.104. The second kappa shape index (κ2) is 6.78. The van der Waals surface area contributed by atoms with Crippen molar-refractivity contribution in [3.05, 3.63) is 89.4 Å². The number of anilines is 1. The summed E-state index contributed by atoms with van der Waals surface area (Å²) in [5.74, 6) is 1.06. The van der Waals surface area contributed by atoms with Gasteiger partial charge in [0.1, 0.15) is 11.6 Å². The molecule has 3 aromatic heterocycles. The van der Waals surface area contributed by atoms with Crippen molar-refractivity contribution < 1.29 is 4.79 Å². The highest BCUT2D eigenvalue weighted by Gasteiger charge is 2.24. The van der Waals surface area contributed by atoms with Crippen LogP contribution in [0.5, 0.6) is 0 Å². The molecule has 0 saturated heterocycles. The summed E-state index contributed by atoms with van der Waals surface area (Å²) in [5.41, 5.74) is 13.2. The van der Waals surface area contributed by atoms with Crippen LogP contribution in [-0.2, 0) is 6.42 Å². The Balaban J connectivity index is 1.32. The Labute approximate surface area is 183 Å². The van der Waals surface area contributed by atoms with Gasteiger partial charge in [0.15, 0.2) is 5.78 Å². The molecule has 0 atom stereocenters. The molecule has 2 aromatic carbocycles. The van der Waals surface area contributed by atoms with Crippen molar-refractivity contribution in [1.82, 2.24) is 29.3 Å². The number of aryl methyl sites for hydroxylation is 1. The summed E-state index contributed by atoms with van der Waals surface area (Å²) < 4.78 is 3.52. The Morgan fingerprint density at radius 1 is 1.16 bits per heavy atom. The van der Waals surface area contributed by atoms with Crippen LogP contribution >= 0.6 is 0 Å². The second-order valence-corrected chi connectivity index (χ2v) is 7.91. The number of aromatic nitrogens is 6. The number of fused-ring (bicyclic) bond motifs is 2. The second-order valence-electron chi connectivity index (χ2n) is 7.91. The first-order valence-electron chi connectivity index (χ1n) is 10.2. The van der Waals surface area contributed by atoms with E-state index in [1.165, 1.54) is 0 Å². The Morgan fingerprint density at radius 2 is 2.03 bits per heavy atom. The lowest BCUT2D eigenvalue weighted by atomic mass is 10.0. The average molecular weight is 421 g/mol. The highest BCUT2D eigenvalue weighted by Crippen LogP contribution is 2.31. The molecule has 0 unspecified atom stereocenters. The van der Waals surface area contributed by atoms with Gasteiger partial charge in [-0.3, -0.25) is 4.79 Å². The molecule has 6 rings (SSSR count). The molecule has 0 aliphatic heterocycles. The number of aromatic amines is 1. The molecule has 1 aliphatic carbocycles. The topological polar surface area (TPSA) is 107 Å². The van der Waals surface area contributed by atoms with Crippen LogP contribution in [-0.4, -0.2) is 35.1 Å². The third-order valence-electron chi connectivity index (χ3n) is 5.81. The van der Waals surface area contributed by atoms with Crippen molar-refractivity contribution in [2.45, 2.75) is 13.3 Å². The van der Waals surface area contributed by atoms with Gasteiger partial charge in [0.05, 0.1) is 34.8 Å².